The van der Waals surface area contributed by atoms with E-state index >= 15 is 0 Å². The molecule has 0 heterocycles. The maximum atomic E-state index is 9.29. The summed E-state index contributed by atoms with van der Waals surface area (Å²) in [5, 5.41) is 12.9. The zero-order valence-electron chi connectivity index (χ0n) is 11.7. The lowest BCUT2D eigenvalue weighted by atomic mass is 10.1. The molecule has 3 heteroatoms. The molecule has 19 heavy (non-hydrogen) atoms. The molecule has 0 radical (unpaired) electrons. The SMILES string of the molecule is Cc1ccc(N(CCO)C2CC2)c(CNC2CC2)c1. The standard InChI is InChI=1S/C16H24N2O/c1-12-2-7-16(18(8-9-19)15-5-6-15)13(10-12)11-17-14-3-4-14/h2,7,10,14-15,17,19H,3-6,8-9,11H2,1H3. The molecule has 2 N–H and O–H groups in total. The van der Waals surface area contributed by atoms with Gasteiger partial charge in [-0.25, -0.2) is 0 Å². The van der Waals surface area contributed by atoms with Crippen molar-refractivity contribution in [3.05, 3.63) is 29.3 Å². The molecular weight excluding hydrogens is 236 g/mol. The fourth-order valence-electron chi connectivity index (χ4n) is 2.67. The van der Waals surface area contributed by atoms with Gasteiger partial charge in [-0.3, -0.25) is 0 Å². The molecule has 0 spiro atoms. The number of aliphatic hydroxyl groups is 1. The molecule has 0 bridgehead atoms. The number of anilines is 1. The molecule has 0 unspecified atom stereocenters. The van der Waals surface area contributed by atoms with E-state index in [2.05, 4.69) is 35.3 Å². The number of nitrogens with one attached hydrogen (secondary N) is 1. The minimum atomic E-state index is 0.236. The van der Waals surface area contributed by atoms with Gasteiger partial charge in [0.2, 0.25) is 0 Å². The van der Waals surface area contributed by atoms with Crippen molar-refractivity contribution in [3.63, 3.8) is 0 Å². The van der Waals surface area contributed by atoms with Crippen molar-refractivity contribution in [2.45, 2.75) is 51.2 Å². The predicted octanol–water partition coefficient (Wildman–Crippen LogP) is 2.21. The molecule has 2 aliphatic carbocycles. The molecule has 0 atom stereocenters. The van der Waals surface area contributed by atoms with Crippen LogP contribution in [0.25, 0.3) is 0 Å². The smallest absolute Gasteiger partial charge is 0.0606 e. The van der Waals surface area contributed by atoms with Gasteiger partial charge in [0, 0.05) is 30.9 Å². The van der Waals surface area contributed by atoms with E-state index in [4.69, 9.17) is 0 Å². The fraction of sp³-hybridized carbons (Fsp3) is 0.625. The van der Waals surface area contributed by atoms with Gasteiger partial charge in [-0.05, 0) is 44.2 Å². The lowest BCUT2D eigenvalue weighted by Crippen LogP contribution is -2.30. The quantitative estimate of drug-likeness (QED) is 0.789. The average molecular weight is 260 g/mol. The van der Waals surface area contributed by atoms with Gasteiger partial charge in [0.15, 0.2) is 0 Å². The summed E-state index contributed by atoms with van der Waals surface area (Å²) >= 11 is 0. The van der Waals surface area contributed by atoms with Crippen LogP contribution in [0.3, 0.4) is 0 Å². The van der Waals surface area contributed by atoms with Crippen LogP contribution >= 0.6 is 0 Å². The van der Waals surface area contributed by atoms with Gasteiger partial charge in [0.05, 0.1) is 6.61 Å². The van der Waals surface area contributed by atoms with E-state index in [-0.39, 0.29) is 6.61 Å². The molecule has 0 aromatic heterocycles. The van der Waals surface area contributed by atoms with Crippen LogP contribution in [-0.2, 0) is 6.54 Å². The van der Waals surface area contributed by atoms with Crippen LogP contribution in [0.5, 0.6) is 0 Å². The molecule has 0 amide bonds. The van der Waals surface area contributed by atoms with Gasteiger partial charge in [0.1, 0.15) is 0 Å². The Morgan fingerprint density at radius 3 is 2.68 bits per heavy atom. The van der Waals surface area contributed by atoms with Gasteiger partial charge in [-0.2, -0.15) is 0 Å². The fourth-order valence-corrected chi connectivity index (χ4v) is 2.67. The summed E-state index contributed by atoms with van der Waals surface area (Å²) in [7, 11) is 0. The maximum absolute atomic E-state index is 9.29. The molecule has 1 aromatic rings. The van der Waals surface area contributed by atoms with E-state index in [1.807, 2.05) is 0 Å². The average Bonchev–Trinajstić information content (AvgIpc) is 3.28. The highest BCUT2D eigenvalue weighted by Crippen LogP contribution is 2.34. The van der Waals surface area contributed by atoms with Gasteiger partial charge in [-0.1, -0.05) is 17.7 Å². The minimum absolute atomic E-state index is 0.236. The van der Waals surface area contributed by atoms with Gasteiger partial charge in [-0.15, -0.1) is 0 Å². The summed E-state index contributed by atoms with van der Waals surface area (Å²) in [6, 6.07) is 8.09. The monoisotopic (exact) mass is 260 g/mol. The maximum Gasteiger partial charge on any atom is 0.0606 e. The summed E-state index contributed by atoms with van der Waals surface area (Å²) in [5.41, 5.74) is 4.01. The first-order valence-corrected chi connectivity index (χ1v) is 7.48. The Bertz CT molecular complexity index is 438. The van der Waals surface area contributed by atoms with Crippen LogP contribution in [0.1, 0.15) is 36.8 Å². The highest BCUT2D eigenvalue weighted by atomic mass is 16.3. The summed E-state index contributed by atoms with van der Waals surface area (Å²) < 4.78 is 0. The van der Waals surface area contributed by atoms with Crippen LogP contribution in [0.4, 0.5) is 5.69 Å². The molecule has 2 saturated carbocycles. The van der Waals surface area contributed by atoms with Crippen molar-refractivity contribution in [1.29, 1.82) is 0 Å². The highest BCUT2D eigenvalue weighted by Gasteiger charge is 2.30. The van der Waals surface area contributed by atoms with Crippen LogP contribution in [0.2, 0.25) is 0 Å². The van der Waals surface area contributed by atoms with Crippen LogP contribution < -0.4 is 10.2 Å². The van der Waals surface area contributed by atoms with Gasteiger partial charge in [0.25, 0.3) is 0 Å². The zero-order chi connectivity index (χ0) is 13.2. The molecule has 0 saturated heterocycles. The molecule has 2 fully saturated rings. The number of hydrogen-bond acceptors (Lipinski definition) is 3. The highest BCUT2D eigenvalue weighted by molar-refractivity contribution is 5.56. The Morgan fingerprint density at radius 1 is 1.26 bits per heavy atom. The predicted molar refractivity (Wildman–Crippen MR) is 78.5 cm³/mol. The third kappa shape index (κ3) is 3.28. The summed E-state index contributed by atoms with van der Waals surface area (Å²) in [6.07, 6.45) is 5.18. The molecule has 3 nitrogen and oxygen atoms in total. The third-order valence-corrected chi connectivity index (χ3v) is 4.03. The normalized spacial score (nSPS) is 18.6. The number of nitrogens with zero attached hydrogens (tertiary/aromatic N) is 1. The van der Waals surface area contributed by atoms with E-state index in [1.165, 1.54) is 42.5 Å². The first-order valence-electron chi connectivity index (χ1n) is 7.48. The molecule has 104 valence electrons. The second kappa shape index (κ2) is 5.51. The van der Waals surface area contributed by atoms with Crippen molar-refractivity contribution in [2.75, 3.05) is 18.1 Å². The number of rotatable bonds is 7. The van der Waals surface area contributed by atoms with Crippen molar-refractivity contribution >= 4 is 5.69 Å². The van der Waals surface area contributed by atoms with Crippen LogP contribution in [0, 0.1) is 6.92 Å². The van der Waals surface area contributed by atoms with E-state index in [0.717, 1.165) is 19.1 Å². The number of aryl methyl sites for hydroxylation is 1. The molecule has 2 aliphatic rings. The van der Waals surface area contributed by atoms with Crippen molar-refractivity contribution < 1.29 is 5.11 Å². The largest absolute Gasteiger partial charge is 0.395 e. The molecule has 0 aliphatic heterocycles. The Morgan fingerprint density at radius 2 is 2.05 bits per heavy atom. The van der Waals surface area contributed by atoms with Crippen molar-refractivity contribution in [2.24, 2.45) is 0 Å². The number of aliphatic hydroxyl groups excluding tert-OH is 1. The second-order valence-electron chi connectivity index (χ2n) is 5.94. The summed E-state index contributed by atoms with van der Waals surface area (Å²) in [6.45, 7) is 4.10. The third-order valence-electron chi connectivity index (χ3n) is 4.03. The Hall–Kier alpha value is -1.06. The molecule has 3 rings (SSSR count). The van der Waals surface area contributed by atoms with E-state index in [1.54, 1.807) is 0 Å². The Kier molecular flexibility index (Phi) is 3.76. The van der Waals surface area contributed by atoms with E-state index < -0.39 is 0 Å². The number of benzene rings is 1. The Labute approximate surface area is 115 Å². The van der Waals surface area contributed by atoms with Gasteiger partial charge < -0.3 is 15.3 Å². The van der Waals surface area contributed by atoms with Crippen molar-refractivity contribution in [1.82, 2.24) is 5.32 Å². The van der Waals surface area contributed by atoms with Crippen LogP contribution in [-0.4, -0.2) is 30.3 Å². The first kappa shape index (κ1) is 12.9. The van der Waals surface area contributed by atoms with Crippen molar-refractivity contribution in [3.8, 4) is 0 Å². The minimum Gasteiger partial charge on any atom is -0.395 e. The van der Waals surface area contributed by atoms with Crippen LogP contribution in [0.15, 0.2) is 18.2 Å². The Balaban J connectivity index is 1.79. The molecular formula is C16H24N2O. The van der Waals surface area contributed by atoms with Gasteiger partial charge >= 0.3 is 0 Å². The lowest BCUT2D eigenvalue weighted by Gasteiger charge is -2.27. The second-order valence-corrected chi connectivity index (χ2v) is 5.94. The van der Waals surface area contributed by atoms with E-state index in [9.17, 15) is 5.11 Å². The first-order chi connectivity index (χ1) is 9.28. The molecule has 1 aromatic carbocycles. The summed E-state index contributed by atoms with van der Waals surface area (Å²) in [4.78, 5) is 2.39. The number of hydrogen-bond donors (Lipinski definition) is 2. The summed E-state index contributed by atoms with van der Waals surface area (Å²) in [5.74, 6) is 0. The van der Waals surface area contributed by atoms with E-state index in [0.29, 0.717) is 6.04 Å². The zero-order valence-corrected chi connectivity index (χ0v) is 11.7. The lowest BCUT2D eigenvalue weighted by molar-refractivity contribution is 0.301. The topological polar surface area (TPSA) is 35.5 Å².